The maximum Gasteiger partial charge on any atom is 0.310 e. The summed E-state index contributed by atoms with van der Waals surface area (Å²) >= 11 is 0. The van der Waals surface area contributed by atoms with Crippen LogP contribution in [0.4, 0.5) is 0 Å². The Hall–Kier alpha value is -0.610. The summed E-state index contributed by atoms with van der Waals surface area (Å²) in [5.74, 6) is -0.381. The normalized spacial score (nSPS) is 33.5. The van der Waals surface area contributed by atoms with Gasteiger partial charge in [0.25, 0.3) is 0 Å². The number of hydrogen-bond donors (Lipinski definition) is 2. The zero-order chi connectivity index (χ0) is 14.0. The van der Waals surface area contributed by atoms with Crippen LogP contribution in [0, 0.1) is 11.3 Å². The van der Waals surface area contributed by atoms with Crippen LogP contribution in [0.3, 0.4) is 0 Å². The first-order valence-electron chi connectivity index (χ1n) is 7.57. The van der Waals surface area contributed by atoms with Gasteiger partial charge >= 0.3 is 5.97 Å². The lowest BCUT2D eigenvalue weighted by atomic mass is 9.84. The molecule has 1 saturated heterocycles. The lowest BCUT2D eigenvalue weighted by Gasteiger charge is -2.43. The molecule has 0 radical (unpaired) electrons. The molecule has 1 aliphatic heterocycles. The van der Waals surface area contributed by atoms with Crippen molar-refractivity contribution in [2.45, 2.75) is 64.5 Å². The minimum atomic E-state index is -0.733. The first-order valence-corrected chi connectivity index (χ1v) is 7.57. The van der Waals surface area contributed by atoms with Gasteiger partial charge < -0.3 is 10.2 Å². The van der Waals surface area contributed by atoms with Crippen LogP contribution in [0.15, 0.2) is 0 Å². The van der Waals surface area contributed by atoms with Gasteiger partial charge in [-0.1, -0.05) is 12.8 Å². The Kier molecular flexibility index (Phi) is 4.51. The molecular weight excluding hydrogens is 242 g/mol. The van der Waals surface area contributed by atoms with Gasteiger partial charge in [0, 0.05) is 18.5 Å². The summed E-state index contributed by atoms with van der Waals surface area (Å²) in [5, 5.41) is 19.4. The lowest BCUT2D eigenvalue weighted by Crippen LogP contribution is -2.51. The molecule has 4 nitrogen and oxygen atoms in total. The Bertz CT molecular complexity index is 329. The highest BCUT2D eigenvalue weighted by atomic mass is 16.4. The number of hydrogen-bond acceptors (Lipinski definition) is 3. The van der Waals surface area contributed by atoms with Crippen molar-refractivity contribution in [2.75, 3.05) is 13.1 Å². The van der Waals surface area contributed by atoms with Gasteiger partial charge in [-0.25, -0.2) is 0 Å². The Morgan fingerprint density at radius 3 is 2.53 bits per heavy atom. The van der Waals surface area contributed by atoms with E-state index in [-0.39, 0.29) is 6.10 Å². The van der Waals surface area contributed by atoms with Crippen LogP contribution in [-0.2, 0) is 4.79 Å². The first-order chi connectivity index (χ1) is 8.92. The summed E-state index contributed by atoms with van der Waals surface area (Å²) in [6.45, 7) is 5.17. The van der Waals surface area contributed by atoms with E-state index in [9.17, 15) is 15.0 Å². The van der Waals surface area contributed by atoms with Gasteiger partial charge in [0.05, 0.1) is 11.5 Å². The van der Waals surface area contributed by atoms with E-state index in [1.165, 1.54) is 6.42 Å². The number of aliphatic carboxylic acids is 1. The van der Waals surface area contributed by atoms with E-state index in [0.717, 1.165) is 38.6 Å². The molecule has 2 rings (SSSR count). The Balaban J connectivity index is 2.05. The standard InChI is InChI=1S/C15H27NO3/c1-15(2,14(18)19)10-16-9-4-3-7-12(16)11-6-5-8-13(11)17/h11-13,17H,3-10H2,1-2H3,(H,18,19). The monoisotopic (exact) mass is 269 g/mol. The zero-order valence-corrected chi connectivity index (χ0v) is 12.1. The van der Waals surface area contributed by atoms with Crippen molar-refractivity contribution in [1.29, 1.82) is 0 Å². The van der Waals surface area contributed by atoms with Crippen molar-refractivity contribution >= 4 is 5.97 Å². The molecule has 0 bridgehead atoms. The predicted molar refractivity (Wildman–Crippen MR) is 74.0 cm³/mol. The molecule has 1 heterocycles. The van der Waals surface area contributed by atoms with Crippen molar-refractivity contribution in [3.8, 4) is 0 Å². The van der Waals surface area contributed by atoms with Crippen LogP contribution >= 0.6 is 0 Å². The fraction of sp³-hybridized carbons (Fsp3) is 0.933. The van der Waals surface area contributed by atoms with Crippen LogP contribution in [0.2, 0.25) is 0 Å². The van der Waals surface area contributed by atoms with Gasteiger partial charge in [-0.3, -0.25) is 9.69 Å². The highest BCUT2D eigenvalue weighted by Gasteiger charge is 2.40. The first kappa shape index (κ1) is 14.8. The Morgan fingerprint density at radius 1 is 1.21 bits per heavy atom. The number of aliphatic hydroxyl groups excluding tert-OH is 1. The molecule has 0 aromatic rings. The third-order valence-electron chi connectivity index (χ3n) is 4.87. The van der Waals surface area contributed by atoms with Crippen LogP contribution in [0.5, 0.6) is 0 Å². The second-order valence-corrected chi connectivity index (χ2v) is 6.88. The molecule has 2 fully saturated rings. The molecule has 0 spiro atoms. The molecule has 3 atom stereocenters. The molecule has 0 amide bonds. The predicted octanol–water partition coefficient (Wildman–Crippen LogP) is 2.11. The summed E-state index contributed by atoms with van der Waals surface area (Å²) < 4.78 is 0. The molecule has 110 valence electrons. The average Bonchev–Trinajstić information content (AvgIpc) is 2.75. The molecule has 19 heavy (non-hydrogen) atoms. The highest BCUT2D eigenvalue weighted by Crippen LogP contribution is 2.36. The summed E-state index contributed by atoms with van der Waals surface area (Å²) in [6, 6.07) is 0.380. The third-order valence-corrected chi connectivity index (χ3v) is 4.87. The van der Waals surface area contributed by atoms with Crippen molar-refractivity contribution in [3.63, 3.8) is 0 Å². The number of likely N-dealkylation sites (tertiary alicyclic amines) is 1. The largest absolute Gasteiger partial charge is 0.481 e. The molecular formula is C15H27NO3. The molecule has 2 aliphatic rings. The van der Waals surface area contributed by atoms with E-state index in [0.29, 0.717) is 18.5 Å². The van der Waals surface area contributed by atoms with Gasteiger partial charge in [0.2, 0.25) is 0 Å². The van der Waals surface area contributed by atoms with Crippen molar-refractivity contribution in [1.82, 2.24) is 4.90 Å². The summed E-state index contributed by atoms with van der Waals surface area (Å²) in [7, 11) is 0. The summed E-state index contributed by atoms with van der Waals surface area (Å²) in [5.41, 5.74) is -0.709. The van der Waals surface area contributed by atoms with E-state index in [2.05, 4.69) is 4.90 Å². The van der Waals surface area contributed by atoms with E-state index in [1.807, 2.05) is 0 Å². The fourth-order valence-corrected chi connectivity index (χ4v) is 3.69. The quantitative estimate of drug-likeness (QED) is 0.820. The van der Waals surface area contributed by atoms with Crippen LogP contribution in [-0.4, -0.2) is 46.3 Å². The maximum absolute atomic E-state index is 11.3. The number of carboxylic acids is 1. The fourth-order valence-electron chi connectivity index (χ4n) is 3.69. The summed E-state index contributed by atoms with van der Waals surface area (Å²) in [4.78, 5) is 13.6. The van der Waals surface area contributed by atoms with Crippen molar-refractivity contribution < 1.29 is 15.0 Å². The number of aliphatic hydroxyl groups is 1. The second kappa shape index (κ2) is 5.80. The van der Waals surface area contributed by atoms with E-state index >= 15 is 0 Å². The highest BCUT2D eigenvalue weighted by molar-refractivity contribution is 5.73. The summed E-state index contributed by atoms with van der Waals surface area (Å²) in [6.07, 6.45) is 6.40. The smallest absolute Gasteiger partial charge is 0.310 e. The van der Waals surface area contributed by atoms with Crippen LogP contribution < -0.4 is 0 Å². The molecule has 0 aromatic carbocycles. The topological polar surface area (TPSA) is 60.8 Å². The van der Waals surface area contributed by atoms with Gasteiger partial charge in [-0.15, -0.1) is 0 Å². The number of carboxylic acid groups (broad SMARTS) is 1. The minimum Gasteiger partial charge on any atom is -0.481 e. The molecule has 1 saturated carbocycles. The molecule has 0 aromatic heterocycles. The number of piperidine rings is 1. The Labute approximate surface area is 115 Å². The average molecular weight is 269 g/mol. The second-order valence-electron chi connectivity index (χ2n) is 6.88. The number of rotatable bonds is 4. The number of carbonyl (C=O) groups is 1. The van der Waals surface area contributed by atoms with E-state index in [1.54, 1.807) is 13.8 Å². The van der Waals surface area contributed by atoms with Gasteiger partial charge in [-0.2, -0.15) is 0 Å². The van der Waals surface area contributed by atoms with Gasteiger partial charge in [0.1, 0.15) is 0 Å². The third kappa shape index (κ3) is 3.29. The van der Waals surface area contributed by atoms with Gasteiger partial charge in [0.15, 0.2) is 0 Å². The molecule has 2 N–H and O–H groups in total. The number of nitrogens with zero attached hydrogens (tertiary/aromatic N) is 1. The zero-order valence-electron chi connectivity index (χ0n) is 12.1. The molecule has 3 unspecified atom stereocenters. The van der Waals surface area contributed by atoms with Crippen molar-refractivity contribution in [3.05, 3.63) is 0 Å². The van der Waals surface area contributed by atoms with E-state index < -0.39 is 11.4 Å². The minimum absolute atomic E-state index is 0.182. The lowest BCUT2D eigenvalue weighted by molar-refractivity contribution is -0.148. The van der Waals surface area contributed by atoms with Crippen LogP contribution in [0.25, 0.3) is 0 Å². The van der Waals surface area contributed by atoms with Gasteiger partial charge in [-0.05, 0) is 46.1 Å². The van der Waals surface area contributed by atoms with E-state index in [4.69, 9.17) is 0 Å². The van der Waals surface area contributed by atoms with Crippen molar-refractivity contribution in [2.24, 2.45) is 11.3 Å². The van der Waals surface area contributed by atoms with Crippen LogP contribution in [0.1, 0.15) is 52.4 Å². The molecule has 4 heteroatoms. The molecule has 1 aliphatic carbocycles. The maximum atomic E-state index is 11.3. The SMILES string of the molecule is CC(C)(CN1CCCCC1C1CCCC1O)C(=O)O. The Morgan fingerprint density at radius 2 is 1.95 bits per heavy atom.